The Morgan fingerprint density at radius 3 is 1.83 bits per heavy atom. The van der Waals surface area contributed by atoms with Gasteiger partial charge in [-0.3, -0.25) is 0 Å². The molecule has 1 aromatic carbocycles. The van der Waals surface area contributed by atoms with Crippen LogP contribution in [0.15, 0.2) is 24.3 Å². The van der Waals surface area contributed by atoms with Crippen molar-refractivity contribution >= 4 is 10.9 Å². The normalized spacial score (nSPS) is 14.0. The van der Waals surface area contributed by atoms with Crippen LogP contribution in [-0.4, -0.2) is 57.3 Å². The van der Waals surface area contributed by atoms with Crippen LogP contribution in [0.3, 0.4) is 0 Å². The number of hydrogen-bond donors (Lipinski definition) is 5. The second-order valence-corrected chi connectivity index (χ2v) is 8.45. The first-order valence-corrected chi connectivity index (χ1v) is 11.2. The van der Waals surface area contributed by atoms with Crippen LogP contribution in [0.1, 0.15) is 61.4 Å². The number of nitrogens with zero attached hydrogens (tertiary/aromatic N) is 1. The fraction of sp³-hybridized carbons (Fsp3) is 0.609. The molecule has 198 valence electrons. The molecule has 0 spiro atoms. The summed E-state index contributed by atoms with van der Waals surface area (Å²) in [4.78, 5) is 3.23. The highest BCUT2D eigenvalue weighted by atomic mass is 19.4. The van der Waals surface area contributed by atoms with Gasteiger partial charge in [0.2, 0.25) is 0 Å². The molecule has 1 heterocycles. The van der Waals surface area contributed by atoms with Crippen molar-refractivity contribution in [1.82, 2.24) is 10.3 Å². The van der Waals surface area contributed by atoms with Crippen LogP contribution < -0.4 is 5.32 Å². The predicted octanol–water partition coefficient (Wildman–Crippen LogP) is 3.95. The number of pyridine rings is 1. The minimum Gasteiger partial charge on any atom is -0.396 e. The number of nitrogens with one attached hydrogen (secondary N) is 1. The van der Waals surface area contributed by atoms with Crippen molar-refractivity contribution in [2.24, 2.45) is 0 Å². The zero-order valence-corrected chi connectivity index (χ0v) is 19.0. The van der Waals surface area contributed by atoms with Crippen LogP contribution in [0.25, 0.3) is 10.9 Å². The zero-order valence-electron chi connectivity index (χ0n) is 19.0. The van der Waals surface area contributed by atoms with Crippen LogP contribution >= 0.6 is 0 Å². The second-order valence-electron chi connectivity index (χ2n) is 8.45. The van der Waals surface area contributed by atoms with E-state index >= 15 is 0 Å². The maximum Gasteiger partial charge on any atom is 0.433 e. The van der Waals surface area contributed by atoms with Gasteiger partial charge in [0.25, 0.3) is 0 Å². The van der Waals surface area contributed by atoms with Gasteiger partial charge in [-0.05, 0) is 56.2 Å². The lowest BCUT2D eigenvalue weighted by molar-refractivity contribution is -0.142. The lowest BCUT2D eigenvalue weighted by atomic mass is 9.83. The summed E-state index contributed by atoms with van der Waals surface area (Å²) in [6.45, 7) is -0.744. The zero-order chi connectivity index (χ0) is 26.3. The quantitative estimate of drug-likeness (QED) is 0.260. The highest BCUT2D eigenvalue weighted by molar-refractivity contribution is 5.86. The van der Waals surface area contributed by atoms with Gasteiger partial charge in [-0.25, -0.2) is 4.98 Å². The van der Waals surface area contributed by atoms with E-state index in [0.717, 1.165) is 6.07 Å². The van der Waals surface area contributed by atoms with Gasteiger partial charge in [0.1, 0.15) is 5.69 Å². The van der Waals surface area contributed by atoms with Crippen molar-refractivity contribution in [2.45, 2.75) is 62.5 Å². The van der Waals surface area contributed by atoms with Gasteiger partial charge < -0.3 is 25.7 Å². The Morgan fingerprint density at radius 2 is 1.37 bits per heavy atom. The molecule has 35 heavy (non-hydrogen) atoms. The summed E-state index contributed by atoms with van der Waals surface area (Å²) in [6.07, 6.45) is -9.39. The topological polar surface area (TPSA) is 106 Å². The Labute approximate surface area is 198 Å². The molecule has 2 rings (SSSR count). The van der Waals surface area contributed by atoms with Crippen molar-refractivity contribution in [3.05, 3.63) is 41.1 Å². The van der Waals surface area contributed by atoms with E-state index in [4.69, 9.17) is 0 Å². The summed E-state index contributed by atoms with van der Waals surface area (Å²) >= 11 is 0. The first-order chi connectivity index (χ1) is 16.4. The Morgan fingerprint density at radius 1 is 0.829 bits per heavy atom. The van der Waals surface area contributed by atoms with Gasteiger partial charge in [-0.1, -0.05) is 12.1 Å². The van der Waals surface area contributed by atoms with Crippen LogP contribution in [0.5, 0.6) is 0 Å². The number of fused-ring (bicyclic) bond motifs is 1. The van der Waals surface area contributed by atoms with Gasteiger partial charge in [0.15, 0.2) is 0 Å². The second kappa shape index (κ2) is 12.3. The molecule has 1 atom stereocenters. The smallest absolute Gasteiger partial charge is 0.396 e. The molecule has 0 fully saturated rings. The third-order valence-corrected chi connectivity index (χ3v) is 5.94. The maximum atomic E-state index is 13.5. The number of β-amino-alcohol motifs (C(OH)–C–C–N with tert-alkyl or cyclic N) is 1. The van der Waals surface area contributed by atoms with Crippen LogP contribution in [0.4, 0.5) is 26.3 Å². The van der Waals surface area contributed by atoms with Crippen molar-refractivity contribution in [3.63, 3.8) is 0 Å². The average molecular weight is 512 g/mol. The van der Waals surface area contributed by atoms with Crippen molar-refractivity contribution in [2.75, 3.05) is 26.4 Å². The standard InChI is InChI=1S/C23H30F6N2O4/c24-22(25,26)17-6-1-5-15-16(13-19(23(27,28)29)31-20(15)17)18(35)14-30-21(7-2-10-32,8-3-11-33)9-4-12-34/h1,5-6,13,18,30,32-35H,2-4,7-12,14H2/t18-/m1/s1. The molecule has 0 aliphatic rings. The highest BCUT2D eigenvalue weighted by Gasteiger charge is 2.38. The van der Waals surface area contributed by atoms with Crippen molar-refractivity contribution < 1.29 is 46.8 Å². The third-order valence-electron chi connectivity index (χ3n) is 5.94. The summed E-state index contributed by atoms with van der Waals surface area (Å²) < 4.78 is 80.8. The molecule has 0 amide bonds. The van der Waals surface area contributed by atoms with E-state index in [1.54, 1.807) is 0 Å². The van der Waals surface area contributed by atoms with Gasteiger partial charge >= 0.3 is 12.4 Å². The lowest BCUT2D eigenvalue weighted by Crippen LogP contribution is -2.47. The van der Waals surface area contributed by atoms with E-state index in [0.29, 0.717) is 50.7 Å². The molecule has 0 bridgehead atoms. The molecule has 0 aliphatic carbocycles. The molecule has 0 unspecified atom stereocenters. The SMILES string of the molecule is OCCCC(CCCO)(CCCO)NC[C@@H](O)c1cc(C(F)(F)F)nc2c(C(F)(F)F)cccc12. The summed E-state index contributed by atoms with van der Waals surface area (Å²) in [7, 11) is 0. The summed E-state index contributed by atoms with van der Waals surface area (Å²) in [5.74, 6) is 0. The highest BCUT2D eigenvalue weighted by Crippen LogP contribution is 2.39. The molecule has 6 nitrogen and oxygen atoms in total. The Kier molecular flexibility index (Phi) is 10.3. The number of hydrogen-bond acceptors (Lipinski definition) is 6. The maximum absolute atomic E-state index is 13.5. The summed E-state index contributed by atoms with van der Waals surface area (Å²) in [5.41, 5.74) is -4.92. The Hall–Kier alpha value is -1.99. The third kappa shape index (κ3) is 7.74. The Balaban J connectivity index is 2.50. The molecule has 0 saturated heterocycles. The van der Waals surface area contributed by atoms with Crippen molar-refractivity contribution in [1.29, 1.82) is 0 Å². The van der Waals surface area contributed by atoms with Gasteiger partial charge in [0, 0.05) is 37.3 Å². The van der Waals surface area contributed by atoms with Crippen molar-refractivity contribution in [3.8, 4) is 0 Å². The van der Waals surface area contributed by atoms with E-state index < -0.39 is 40.8 Å². The van der Waals surface area contributed by atoms with E-state index in [1.165, 1.54) is 6.07 Å². The number of rotatable bonds is 13. The largest absolute Gasteiger partial charge is 0.433 e. The molecule has 0 radical (unpaired) electrons. The fourth-order valence-corrected chi connectivity index (χ4v) is 4.24. The lowest BCUT2D eigenvalue weighted by Gasteiger charge is -2.36. The number of alkyl halides is 6. The van der Waals surface area contributed by atoms with Crippen LogP contribution in [-0.2, 0) is 12.4 Å². The molecule has 0 aliphatic heterocycles. The van der Waals surface area contributed by atoms with E-state index in [9.17, 15) is 46.8 Å². The first kappa shape index (κ1) is 29.2. The van der Waals surface area contributed by atoms with Gasteiger partial charge in [-0.15, -0.1) is 0 Å². The first-order valence-electron chi connectivity index (χ1n) is 11.2. The predicted molar refractivity (Wildman–Crippen MR) is 116 cm³/mol. The van der Waals surface area contributed by atoms with E-state index in [2.05, 4.69) is 10.3 Å². The summed E-state index contributed by atoms with van der Waals surface area (Å²) in [5, 5.41) is 41.5. The molecule has 2 aromatic rings. The van der Waals surface area contributed by atoms with E-state index in [1.807, 2.05) is 0 Å². The number of para-hydroxylation sites is 1. The van der Waals surface area contributed by atoms with Gasteiger partial charge in [0.05, 0.1) is 17.2 Å². The molecular weight excluding hydrogens is 482 g/mol. The number of halogens is 6. The number of benzene rings is 1. The molecule has 12 heteroatoms. The fourth-order valence-electron chi connectivity index (χ4n) is 4.24. The minimum atomic E-state index is -5.04. The van der Waals surface area contributed by atoms with Gasteiger partial charge in [-0.2, -0.15) is 26.3 Å². The number of aliphatic hydroxyl groups is 4. The van der Waals surface area contributed by atoms with Crippen LogP contribution in [0.2, 0.25) is 0 Å². The molecular formula is C23H30F6N2O4. The average Bonchev–Trinajstić information content (AvgIpc) is 2.80. The molecule has 5 N–H and O–H groups in total. The summed E-state index contributed by atoms with van der Waals surface area (Å²) in [6, 6.07) is 3.39. The number of aromatic nitrogens is 1. The molecule has 1 aromatic heterocycles. The minimum absolute atomic E-state index is 0.144. The molecule has 0 saturated carbocycles. The monoisotopic (exact) mass is 512 g/mol. The van der Waals surface area contributed by atoms with E-state index in [-0.39, 0.29) is 37.3 Å². The van der Waals surface area contributed by atoms with Crippen LogP contribution in [0, 0.1) is 0 Å². The Bertz CT molecular complexity index is 930. The number of aliphatic hydroxyl groups excluding tert-OH is 4.